The summed E-state index contributed by atoms with van der Waals surface area (Å²) in [7, 11) is -3.82. The number of hydrogen-bond donors (Lipinski definition) is 3. The summed E-state index contributed by atoms with van der Waals surface area (Å²) in [5.41, 5.74) is 0.847. The van der Waals surface area contributed by atoms with Crippen molar-refractivity contribution in [3.8, 4) is 0 Å². The van der Waals surface area contributed by atoms with Crippen LogP contribution in [0.25, 0.3) is 0 Å². The number of carboxylic acids is 2. The highest BCUT2D eigenvalue weighted by Gasteiger charge is 2.38. The number of nitrogens with one attached hydrogen (secondary N) is 1. The molecule has 28 heavy (non-hydrogen) atoms. The van der Waals surface area contributed by atoms with Crippen molar-refractivity contribution in [2.24, 2.45) is 0 Å². The third-order valence-corrected chi connectivity index (χ3v) is 4.91. The number of nitrogens with zero attached hydrogens (tertiary/aromatic N) is 1. The topological polar surface area (TPSA) is 141 Å². The van der Waals surface area contributed by atoms with Crippen LogP contribution in [-0.2, 0) is 24.4 Å². The summed E-state index contributed by atoms with van der Waals surface area (Å²) in [4.78, 5) is 32.5. The van der Waals surface area contributed by atoms with E-state index >= 15 is 0 Å². The van der Waals surface area contributed by atoms with Gasteiger partial charge in [-0.15, -0.1) is 0 Å². The standard InChI is InChI=1S/C13H16N2O5S.C2HF3O2/c16-11-5-7-15(8-6-11)10-1-3-12(4-2-10)21(19,20)14-9-13(17)18;3-2(4,5)1(6)7/h1-4,14H,5-9H2,(H,17,18);(H,6,7). The van der Waals surface area contributed by atoms with Crippen LogP contribution < -0.4 is 9.62 Å². The lowest BCUT2D eigenvalue weighted by molar-refractivity contribution is -0.192. The zero-order valence-electron chi connectivity index (χ0n) is 14.3. The molecule has 1 aliphatic heterocycles. The third kappa shape index (κ3) is 7.52. The smallest absolute Gasteiger partial charge is 0.480 e. The number of piperidine rings is 1. The number of benzene rings is 1. The van der Waals surface area contributed by atoms with Gasteiger partial charge in [0.05, 0.1) is 4.90 Å². The molecular formula is C15H17F3N2O7S. The first-order valence-electron chi connectivity index (χ1n) is 7.71. The minimum atomic E-state index is -5.08. The van der Waals surface area contributed by atoms with E-state index in [0.29, 0.717) is 25.9 Å². The Bertz CT molecular complexity index is 813. The van der Waals surface area contributed by atoms with Gasteiger partial charge < -0.3 is 15.1 Å². The SMILES string of the molecule is O=C(O)C(F)(F)F.O=C(O)CNS(=O)(=O)c1ccc(N2CCC(=O)CC2)cc1. The van der Waals surface area contributed by atoms with Crippen LogP contribution >= 0.6 is 0 Å². The van der Waals surface area contributed by atoms with Crippen LogP contribution in [0, 0.1) is 0 Å². The molecule has 2 rings (SSSR count). The summed E-state index contributed by atoms with van der Waals surface area (Å²) in [5.74, 6) is -3.76. The number of alkyl halides is 3. The highest BCUT2D eigenvalue weighted by molar-refractivity contribution is 7.89. The third-order valence-electron chi connectivity index (χ3n) is 3.49. The van der Waals surface area contributed by atoms with E-state index in [1.807, 2.05) is 9.62 Å². The van der Waals surface area contributed by atoms with Gasteiger partial charge in [0.2, 0.25) is 10.0 Å². The number of aliphatic carboxylic acids is 2. The molecule has 0 unspecified atom stereocenters. The number of hydrogen-bond acceptors (Lipinski definition) is 6. The zero-order valence-corrected chi connectivity index (χ0v) is 15.1. The Balaban J connectivity index is 0.000000480. The largest absolute Gasteiger partial charge is 0.490 e. The summed E-state index contributed by atoms with van der Waals surface area (Å²) in [5, 5.41) is 15.6. The Labute approximate surface area is 157 Å². The first kappa shape index (κ1) is 23.4. The van der Waals surface area contributed by atoms with Crippen molar-refractivity contribution >= 4 is 33.4 Å². The van der Waals surface area contributed by atoms with Crippen molar-refractivity contribution in [3.63, 3.8) is 0 Å². The van der Waals surface area contributed by atoms with Crippen molar-refractivity contribution < 1.29 is 46.2 Å². The molecule has 3 N–H and O–H groups in total. The summed E-state index contributed by atoms with van der Waals surface area (Å²) < 4.78 is 57.4. The molecule has 1 aromatic rings. The van der Waals surface area contributed by atoms with Crippen molar-refractivity contribution in [2.45, 2.75) is 23.9 Å². The molecule has 13 heteroatoms. The van der Waals surface area contributed by atoms with Gasteiger partial charge in [0, 0.05) is 31.6 Å². The van der Waals surface area contributed by atoms with Gasteiger partial charge in [-0.3, -0.25) is 9.59 Å². The molecule has 0 spiro atoms. The second kappa shape index (κ2) is 9.50. The molecule has 0 atom stereocenters. The highest BCUT2D eigenvalue weighted by atomic mass is 32.2. The molecule has 1 aliphatic rings. The molecule has 9 nitrogen and oxygen atoms in total. The molecule has 0 bridgehead atoms. The number of carbonyl (C=O) groups is 3. The number of carbonyl (C=O) groups excluding carboxylic acids is 1. The fourth-order valence-electron chi connectivity index (χ4n) is 2.09. The highest BCUT2D eigenvalue weighted by Crippen LogP contribution is 2.20. The Morgan fingerprint density at radius 1 is 1.07 bits per heavy atom. The van der Waals surface area contributed by atoms with Gasteiger partial charge in [0.25, 0.3) is 0 Å². The minimum absolute atomic E-state index is 0.0144. The number of halogens is 3. The van der Waals surface area contributed by atoms with Crippen LogP contribution in [-0.4, -0.2) is 62.2 Å². The number of sulfonamides is 1. The van der Waals surface area contributed by atoms with Crippen LogP contribution in [0.3, 0.4) is 0 Å². The van der Waals surface area contributed by atoms with Gasteiger partial charge in [-0.25, -0.2) is 13.2 Å². The van der Waals surface area contributed by atoms with Gasteiger partial charge in [-0.2, -0.15) is 17.9 Å². The number of Topliss-reactive ketones (excluding diaryl/α,β-unsaturated/α-hetero) is 1. The lowest BCUT2D eigenvalue weighted by Crippen LogP contribution is -2.33. The lowest BCUT2D eigenvalue weighted by atomic mass is 10.1. The van der Waals surface area contributed by atoms with Gasteiger partial charge in [-0.1, -0.05) is 0 Å². The van der Waals surface area contributed by atoms with E-state index in [0.717, 1.165) is 5.69 Å². The summed E-state index contributed by atoms with van der Waals surface area (Å²) in [6.45, 7) is 0.600. The van der Waals surface area contributed by atoms with Crippen molar-refractivity contribution in [1.29, 1.82) is 0 Å². The monoisotopic (exact) mass is 426 g/mol. The second-order valence-electron chi connectivity index (χ2n) is 5.54. The van der Waals surface area contributed by atoms with Crippen molar-refractivity contribution in [3.05, 3.63) is 24.3 Å². The molecular weight excluding hydrogens is 409 g/mol. The van der Waals surface area contributed by atoms with Crippen LogP contribution in [0.1, 0.15) is 12.8 Å². The van der Waals surface area contributed by atoms with Crippen LogP contribution in [0.15, 0.2) is 29.2 Å². The lowest BCUT2D eigenvalue weighted by Gasteiger charge is -2.28. The number of carboxylic acid groups (broad SMARTS) is 2. The second-order valence-corrected chi connectivity index (χ2v) is 7.31. The molecule has 0 aromatic heterocycles. The van der Waals surface area contributed by atoms with Gasteiger partial charge >= 0.3 is 18.1 Å². The fourth-order valence-corrected chi connectivity index (χ4v) is 3.07. The Hall–Kier alpha value is -2.67. The molecule has 0 amide bonds. The molecule has 1 fully saturated rings. The number of rotatable bonds is 5. The van der Waals surface area contributed by atoms with Crippen molar-refractivity contribution in [2.75, 3.05) is 24.5 Å². The molecule has 1 saturated heterocycles. The summed E-state index contributed by atoms with van der Waals surface area (Å²) >= 11 is 0. The average Bonchev–Trinajstić information content (AvgIpc) is 2.61. The van der Waals surface area contributed by atoms with Crippen LogP contribution in [0.2, 0.25) is 0 Å². The van der Waals surface area contributed by atoms with Crippen LogP contribution in [0.4, 0.5) is 18.9 Å². The van der Waals surface area contributed by atoms with Crippen molar-refractivity contribution in [1.82, 2.24) is 4.72 Å². The minimum Gasteiger partial charge on any atom is -0.480 e. The maximum atomic E-state index is 11.8. The molecule has 0 aliphatic carbocycles. The normalized spacial score (nSPS) is 14.8. The molecule has 1 aromatic carbocycles. The Morgan fingerprint density at radius 2 is 1.54 bits per heavy atom. The van der Waals surface area contributed by atoms with Gasteiger partial charge in [0.15, 0.2) is 0 Å². The van der Waals surface area contributed by atoms with E-state index in [2.05, 4.69) is 0 Å². The predicted octanol–water partition coefficient (Wildman–Crippen LogP) is 0.852. The van der Waals surface area contributed by atoms with E-state index in [1.165, 1.54) is 12.1 Å². The zero-order chi connectivity index (χ0) is 21.5. The predicted molar refractivity (Wildman–Crippen MR) is 89.4 cm³/mol. The maximum absolute atomic E-state index is 11.8. The number of ketones is 1. The molecule has 156 valence electrons. The summed E-state index contributed by atoms with van der Waals surface area (Å²) in [6, 6.07) is 6.17. The average molecular weight is 426 g/mol. The molecule has 1 heterocycles. The molecule has 0 radical (unpaired) electrons. The van der Waals surface area contributed by atoms with E-state index < -0.39 is 34.7 Å². The first-order valence-corrected chi connectivity index (χ1v) is 9.19. The quantitative estimate of drug-likeness (QED) is 0.629. The van der Waals surface area contributed by atoms with Gasteiger partial charge in [-0.05, 0) is 24.3 Å². The van der Waals surface area contributed by atoms with Gasteiger partial charge in [0.1, 0.15) is 12.3 Å². The van der Waals surface area contributed by atoms with E-state index in [9.17, 15) is 31.2 Å². The Kier molecular flexibility index (Phi) is 7.93. The molecule has 0 saturated carbocycles. The first-order chi connectivity index (χ1) is 12.8. The fraction of sp³-hybridized carbons (Fsp3) is 0.400. The number of anilines is 1. The van der Waals surface area contributed by atoms with E-state index in [-0.39, 0.29) is 10.7 Å². The van der Waals surface area contributed by atoms with Crippen LogP contribution in [0.5, 0.6) is 0 Å². The maximum Gasteiger partial charge on any atom is 0.490 e. The van der Waals surface area contributed by atoms with E-state index in [1.54, 1.807) is 12.1 Å². The Morgan fingerprint density at radius 3 is 1.93 bits per heavy atom. The van der Waals surface area contributed by atoms with E-state index in [4.69, 9.17) is 15.0 Å². The summed E-state index contributed by atoms with van der Waals surface area (Å²) in [6.07, 6.45) is -4.08.